The Bertz CT molecular complexity index is 371. The van der Waals surface area contributed by atoms with E-state index in [0.29, 0.717) is 13.2 Å². The first-order chi connectivity index (χ1) is 6.81. The second kappa shape index (κ2) is 3.74. The average Bonchev–Trinajstić information content (AvgIpc) is 2.70. The van der Waals surface area contributed by atoms with Crippen molar-refractivity contribution in [3.63, 3.8) is 0 Å². The second-order valence-corrected chi connectivity index (χ2v) is 2.66. The molecule has 7 heteroatoms. The molecular formula is C7H9N3O4. The molecule has 1 saturated heterocycles. The molecule has 0 spiro atoms. The molecule has 0 amide bonds. The van der Waals surface area contributed by atoms with Gasteiger partial charge < -0.3 is 9.47 Å². The maximum atomic E-state index is 11.3. The fourth-order valence-corrected chi connectivity index (χ4v) is 1.14. The highest BCUT2D eigenvalue weighted by Crippen LogP contribution is 2.13. The van der Waals surface area contributed by atoms with Crippen molar-refractivity contribution in [2.45, 2.75) is 6.41 Å². The average molecular weight is 199 g/mol. The van der Waals surface area contributed by atoms with Crippen LogP contribution in [-0.2, 0) is 9.47 Å². The van der Waals surface area contributed by atoms with Crippen molar-refractivity contribution >= 4 is 5.82 Å². The Morgan fingerprint density at radius 3 is 2.86 bits per heavy atom. The van der Waals surface area contributed by atoms with Gasteiger partial charge in [-0.3, -0.25) is 10.7 Å². The minimum atomic E-state index is -0.706. The fraction of sp³-hybridized carbons (Fsp3) is 0.429. The summed E-state index contributed by atoms with van der Waals surface area (Å²) < 4.78 is 11.4. The minimum absolute atomic E-state index is 0.0873. The van der Waals surface area contributed by atoms with E-state index in [1.165, 1.54) is 16.8 Å². The van der Waals surface area contributed by atoms with Crippen molar-refractivity contribution in [2.24, 2.45) is 0 Å². The maximum Gasteiger partial charge on any atom is 0.353 e. The van der Waals surface area contributed by atoms with Gasteiger partial charge in [0, 0.05) is 6.20 Å². The predicted octanol–water partition coefficient (Wildman–Crippen LogP) is -0.453. The van der Waals surface area contributed by atoms with Crippen molar-refractivity contribution in [3.8, 4) is 0 Å². The van der Waals surface area contributed by atoms with Gasteiger partial charge in [0.15, 0.2) is 5.82 Å². The number of hydrogen-bond donors (Lipinski definition) is 2. The van der Waals surface area contributed by atoms with Crippen LogP contribution in [0.1, 0.15) is 6.41 Å². The zero-order valence-corrected chi connectivity index (χ0v) is 7.21. The van der Waals surface area contributed by atoms with E-state index in [0.717, 1.165) is 0 Å². The first-order valence-corrected chi connectivity index (χ1v) is 4.04. The zero-order chi connectivity index (χ0) is 9.97. The molecule has 14 heavy (non-hydrogen) atoms. The molecule has 0 unspecified atom stereocenters. The van der Waals surface area contributed by atoms with Crippen molar-refractivity contribution in [3.05, 3.63) is 22.7 Å². The summed E-state index contributed by atoms with van der Waals surface area (Å²) in [7, 11) is 0. The van der Waals surface area contributed by atoms with Gasteiger partial charge in [0.25, 0.3) is 0 Å². The molecule has 1 aliphatic heterocycles. The molecular weight excluding hydrogens is 190 g/mol. The topological polar surface area (TPSA) is 85.6 Å². The number of nitrogens with one attached hydrogen (secondary N) is 1. The second-order valence-electron chi connectivity index (χ2n) is 2.66. The number of nitrogens with zero attached hydrogens (tertiary/aromatic N) is 2. The molecule has 76 valence electrons. The highest BCUT2D eigenvalue weighted by atomic mass is 16.7. The van der Waals surface area contributed by atoms with E-state index in [2.05, 4.69) is 4.98 Å². The molecule has 7 nitrogen and oxygen atoms in total. The van der Waals surface area contributed by atoms with Gasteiger partial charge >= 0.3 is 5.69 Å². The standard InChI is InChI=1S/C7H9N3O4/c11-6-8-5(9-12)1-2-10(6)7-13-3-4-14-7/h1-2,7,12H,3-4H2,(H,8,9,11). The van der Waals surface area contributed by atoms with Crippen LogP contribution in [0.4, 0.5) is 5.82 Å². The van der Waals surface area contributed by atoms with E-state index in [4.69, 9.17) is 14.7 Å². The molecule has 0 saturated carbocycles. The molecule has 1 fully saturated rings. The van der Waals surface area contributed by atoms with E-state index in [9.17, 15) is 4.79 Å². The first kappa shape index (κ1) is 9.13. The SMILES string of the molecule is O=c1nc(NO)ccn1C1OCCO1. The fourth-order valence-electron chi connectivity index (χ4n) is 1.14. The van der Waals surface area contributed by atoms with Crippen LogP contribution < -0.4 is 11.2 Å². The lowest BCUT2D eigenvalue weighted by atomic mass is 10.6. The van der Waals surface area contributed by atoms with Gasteiger partial charge in [-0.05, 0) is 6.07 Å². The lowest BCUT2D eigenvalue weighted by Crippen LogP contribution is -2.27. The van der Waals surface area contributed by atoms with Crippen molar-refractivity contribution in [2.75, 3.05) is 18.7 Å². The van der Waals surface area contributed by atoms with E-state index in [1.54, 1.807) is 5.48 Å². The maximum absolute atomic E-state index is 11.3. The Morgan fingerprint density at radius 2 is 2.29 bits per heavy atom. The van der Waals surface area contributed by atoms with Gasteiger partial charge in [-0.15, -0.1) is 0 Å². The third kappa shape index (κ3) is 1.60. The van der Waals surface area contributed by atoms with Gasteiger partial charge in [-0.1, -0.05) is 0 Å². The summed E-state index contributed by atoms with van der Waals surface area (Å²) >= 11 is 0. The monoisotopic (exact) mass is 199 g/mol. The molecule has 0 atom stereocenters. The number of hydrogen-bond acceptors (Lipinski definition) is 6. The Hall–Kier alpha value is -1.44. The summed E-state index contributed by atoms with van der Waals surface area (Å²) in [5, 5.41) is 8.50. The van der Waals surface area contributed by atoms with Crippen molar-refractivity contribution < 1.29 is 14.7 Å². The van der Waals surface area contributed by atoms with Crippen LogP contribution in [0, 0.1) is 0 Å². The van der Waals surface area contributed by atoms with Gasteiger partial charge in [0.05, 0.1) is 13.2 Å². The number of ether oxygens (including phenoxy) is 2. The number of anilines is 1. The Balaban J connectivity index is 2.30. The normalized spacial score (nSPS) is 17.2. The van der Waals surface area contributed by atoms with Crippen LogP contribution in [0.5, 0.6) is 0 Å². The largest absolute Gasteiger partial charge is 0.353 e. The first-order valence-electron chi connectivity index (χ1n) is 4.04. The van der Waals surface area contributed by atoms with Crippen molar-refractivity contribution in [1.29, 1.82) is 0 Å². The summed E-state index contributed by atoms with van der Waals surface area (Å²) in [6.45, 7) is 0.911. The summed E-state index contributed by atoms with van der Waals surface area (Å²) in [5.74, 6) is 0.0873. The smallest absolute Gasteiger partial charge is 0.332 e. The van der Waals surface area contributed by atoms with Crippen LogP contribution >= 0.6 is 0 Å². The molecule has 0 radical (unpaired) electrons. The van der Waals surface area contributed by atoms with Crippen LogP contribution in [-0.4, -0.2) is 28.0 Å². The summed E-state index contributed by atoms with van der Waals surface area (Å²) in [6, 6.07) is 1.44. The van der Waals surface area contributed by atoms with Crippen LogP contribution in [0.3, 0.4) is 0 Å². The molecule has 1 aromatic rings. The van der Waals surface area contributed by atoms with Gasteiger partial charge in [0.1, 0.15) is 0 Å². The molecule has 2 heterocycles. The van der Waals surface area contributed by atoms with E-state index >= 15 is 0 Å². The van der Waals surface area contributed by atoms with E-state index in [-0.39, 0.29) is 5.82 Å². The van der Waals surface area contributed by atoms with Crippen molar-refractivity contribution in [1.82, 2.24) is 9.55 Å². The van der Waals surface area contributed by atoms with Gasteiger partial charge in [0.2, 0.25) is 6.41 Å². The molecule has 0 bridgehead atoms. The highest BCUT2D eigenvalue weighted by molar-refractivity contribution is 5.27. The summed E-state index contributed by atoms with van der Waals surface area (Å²) in [6.07, 6.45) is 0.729. The lowest BCUT2D eigenvalue weighted by Gasteiger charge is -2.11. The Morgan fingerprint density at radius 1 is 1.57 bits per heavy atom. The van der Waals surface area contributed by atoms with Crippen LogP contribution in [0.2, 0.25) is 0 Å². The number of rotatable bonds is 2. The predicted molar refractivity (Wildman–Crippen MR) is 44.8 cm³/mol. The quantitative estimate of drug-likeness (QED) is 0.627. The van der Waals surface area contributed by atoms with Gasteiger partial charge in [-0.2, -0.15) is 4.98 Å². The lowest BCUT2D eigenvalue weighted by molar-refractivity contribution is -0.104. The summed E-state index contributed by atoms with van der Waals surface area (Å²) in [4.78, 5) is 14.8. The molecule has 2 N–H and O–H groups in total. The number of aromatic nitrogens is 2. The third-order valence-electron chi connectivity index (χ3n) is 1.78. The molecule has 0 aromatic carbocycles. The van der Waals surface area contributed by atoms with Crippen LogP contribution in [0.25, 0.3) is 0 Å². The van der Waals surface area contributed by atoms with E-state index < -0.39 is 12.1 Å². The Kier molecular flexibility index (Phi) is 2.44. The molecule has 1 aliphatic rings. The van der Waals surface area contributed by atoms with Gasteiger partial charge in [-0.25, -0.2) is 9.36 Å². The molecule has 1 aromatic heterocycles. The Labute approximate surface area is 78.9 Å². The van der Waals surface area contributed by atoms with Crippen LogP contribution in [0.15, 0.2) is 17.1 Å². The summed E-state index contributed by atoms with van der Waals surface area (Å²) in [5.41, 5.74) is 1.23. The highest BCUT2D eigenvalue weighted by Gasteiger charge is 2.19. The third-order valence-corrected chi connectivity index (χ3v) is 1.78. The minimum Gasteiger partial charge on any atom is -0.332 e. The van der Waals surface area contributed by atoms with E-state index in [1.807, 2.05) is 0 Å². The molecule has 2 rings (SSSR count). The molecule has 0 aliphatic carbocycles. The zero-order valence-electron chi connectivity index (χ0n) is 7.21.